The maximum absolute atomic E-state index is 12.7. The fourth-order valence-electron chi connectivity index (χ4n) is 4.73. The van der Waals surface area contributed by atoms with Gasteiger partial charge in [-0.15, -0.1) is 11.3 Å². The van der Waals surface area contributed by atoms with Crippen LogP contribution >= 0.6 is 22.9 Å². The van der Waals surface area contributed by atoms with Gasteiger partial charge in [-0.25, -0.2) is 4.79 Å². The topological polar surface area (TPSA) is 73.9 Å². The van der Waals surface area contributed by atoms with Crippen LogP contribution in [0.5, 0.6) is 5.75 Å². The van der Waals surface area contributed by atoms with Gasteiger partial charge in [-0.05, 0) is 54.2 Å². The van der Waals surface area contributed by atoms with E-state index < -0.39 is 17.6 Å². The molecule has 1 aromatic heterocycles. The first-order valence-corrected chi connectivity index (χ1v) is 13.7. The smallest absolute Gasteiger partial charge is 0.412 e. The molecule has 0 radical (unpaired) electrons. The molecule has 1 heterocycles. The van der Waals surface area contributed by atoms with E-state index in [1.54, 1.807) is 13.2 Å². The highest BCUT2D eigenvalue weighted by atomic mass is 35.5. The van der Waals surface area contributed by atoms with Crippen molar-refractivity contribution in [2.75, 3.05) is 19.5 Å². The Balaban J connectivity index is 1.36. The SMILES string of the molecule is COC(=O)C1(c2ccc(-c3ccc(-c4sc(Cl)cc4NC(=O)O[C@H](C)c4ccccc4)cc3OC)cc2)CC1. The highest BCUT2D eigenvalue weighted by Crippen LogP contribution is 2.50. The van der Waals surface area contributed by atoms with E-state index in [2.05, 4.69) is 5.32 Å². The summed E-state index contributed by atoms with van der Waals surface area (Å²) in [5.74, 6) is 0.486. The van der Waals surface area contributed by atoms with Gasteiger partial charge in [-0.2, -0.15) is 0 Å². The van der Waals surface area contributed by atoms with Gasteiger partial charge in [0.05, 0.1) is 34.5 Å². The van der Waals surface area contributed by atoms with Gasteiger partial charge in [-0.3, -0.25) is 10.1 Å². The number of carbonyl (C=O) groups excluding carboxylic acids is 2. The number of halogens is 1. The van der Waals surface area contributed by atoms with Crippen LogP contribution < -0.4 is 10.1 Å². The van der Waals surface area contributed by atoms with E-state index >= 15 is 0 Å². The summed E-state index contributed by atoms with van der Waals surface area (Å²) in [6.07, 6.45) is 0.633. The van der Waals surface area contributed by atoms with E-state index in [0.29, 0.717) is 15.8 Å². The van der Waals surface area contributed by atoms with Crippen LogP contribution in [0.15, 0.2) is 78.9 Å². The van der Waals surface area contributed by atoms with Gasteiger partial charge in [0.15, 0.2) is 0 Å². The van der Waals surface area contributed by atoms with E-state index in [-0.39, 0.29) is 5.97 Å². The first-order chi connectivity index (χ1) is 18.8. The molecule has 6 nitrogen and oxygen atoms in total. The molecule has 5 rings (SSSR count). The van der Waals surface area contributed by atoms with E-state index in [4.69, 9.17) is 25.8 Å². The second kappa shape index (κ2) is 11.1. The summed E-state index contributed by atoms with van der Waals surface area (Å²) in [4.78, 5) is 25.7. The average Bonchev–Trinajstić information content (AvgIpc) is 3.70. The third-order valence-corrected chi connectivity index (χ3v) is 8.34. The standard InChI is InChI=1S/C31H28ClNO5S/c1-19(20-7-5-4-6-8-20)38-30(35)33-25-18-27(32)39-28(25)22-11-14-24(26(17-22)36-2)21-9-12-23(13-10-21)31(15-16-31)29(34)37-3/h4-14,17-19H,15-16H2,1-3H3,(H,33,35)/t19-/m1/s1. The summed E-state index contributed by atoms with van der Waals surface area (Å²) in [5, 5.41) is 2.84. The van der Waals surface area contributed by atoms with Gasteiger partial charge in [0.25, 0.3) is 0 Å². The van der Waals surface area contributed by atoms with Crippen LogP contribution in [0.2, 0.25) is 4.34 Å². The summed E-state index contributed by atoms with van der Waals surface area (Å²) in [7, 11) is 3.05. The lowest BCUT2D eigenvalue weighted by Crippen LogP contribution is -2.21. The largest absolute Gasteiger partial charge is 0.496 e. The number of esters is 1. The zero-order chi connectivity index (χ0) is 27.6. The number of benzene rings is 3. The maximum atomic E-state index is 12.7. The zero-order valence-electron chi connectivity index (χ0n) is 21.8. The van der Waals surface area contributed by atoms with Gasteiger partial charge in [0, 0.05) is 5.56 Å². The van der Waals surface area contributed by atoms with Gasteiger partial charge in [0.2, 0.25) is 0 Å². The quantitative estimate of drug-likeness (QED) is 0.219. The fourth-order valence-corrected chi connectivity index (χ4v) is 5.91. The summed E-state index contributed by atoms with van der Waals surface area (Å²) in [6, 6.07) is 25.1. The molecular weight excluding hydrogens is 534 g/mol. The molecule has 0 unspecified atom stereocenters. The number of amides is 1. The van der Waals surface area contributed by atoms with Crippen LogP contribution in [-0.2, 0) is 19.7 Å². The van der Waals surface area contributed by atoms with E-state index in [1.807, 2.05) is 79.7 Å². The molecule has 39 heavy (non-hydrogen) atoms. The Labute approximate surface area is 236 Å². The third-order valence-electron chi connectivity index (χ3n) is 7.03. The minimum atomic E-state index is -0.564. The van der Waals surface area contributed by atoms with Crippen molar-refractivity contribution in [1.82, 2.24) is 0 Å². The second-order valence-corrected chi connectivity index (χ2v) is 11.1. The summed E-state index contributed by atoms with van der Waals surface area (Å²) in [6.45, 7) is 1.83. The van der Waals surface area contributed by atoms with Crippen LogP contribution in [0.25, 0.3) is 21.6 Å². The van der Waals surface area contributed by atoms with Crippen LogP contribution in [0, 0.1) is 0 Å². The average molecular weight is 562 g/mol. The molecular formula is C31H28ClNO5S. The molecule has 1 aliphatic carbocycles. The Morgan fingerprint density at radius 3 is 2.28 bits per heavy atom. The van der Waals surface area contributed by atoms with Crippen molar-refractivity contribution in [2.24, 2.45) is 0 Å². The van der Waals surface area contributed by atoms with Crippen molar-refractivity contribution in [3.05, 3.63) is 94.3 Å². The Hall–Kier alpha value is -3.81. The predicted molar refractivity (Wildman–Crippen MR) is 155 cm³/mol. The van der Waals surface area contributed by atoms with Gasteiger partial charge in [-0.1, -0.05) is 78.3 Å². The maximum Gasteiger partial charge on any atom is 0.412 e. The van der Waals surface area contributed by atoms with E-state index in [9.17, 15) is 9.59 Å². The number of carbonyl (C=O) groups is 2. The number of rotatable bonds is 8. The lowest BCUT2D eigenvalue weighted by atomic mass is 9.93. The first kappa shape index (κ1) is 26.8. The number of hydrogen-bond donors (Lipinski definition) is 1. The molecule has 1 fully saturated rings. The van der Waals surface area contributed by atoms with Crippen molar-refractivity contribution in [2.45, 2.75) is 31.3 Å². The van der Waals surface area contributed by atoms with Crippen molar-refractivity contribution in [1.29, 1.82) is 0 Å². The molecule has 3 aromatic carbocycles. The zero-order valence-corrected chi connectivity index (χ0v) is 23.4. The van der Waals surface area contributed by atoms with Crippen molar-refractivity contribution in [3.63, 3.8) is 0 Å². The minimum absolute atomic E-state index is 0.186. The number of ether oxygens (including phenoxy) is 3. The summed E-state index contributed by atoms with van der Waals surface area (Å²) >= 11 is 7.71. The van der Waals surface area contributed by atoms with E-state index in [0.717, 1.165) is 45.5 Å². The molecule has 0 spiro atoms. The Kier molecular flexibility index (Phi) is 7.64. The minimum Gasteiger partial charge on any atom is -0.496 e. The molecule has 0 aliphatic heterocycles. The fraction of sp³-hybridized carbons (Fsp3) is 0.226. The predicted octanol–water partition coefficient (Wildman–Crippen LogP) is 8.26. The Morgan fingerprint density at radius 1 is 0.949 bits per heavy atom. The molecule has 1 atom stereocenters. The van der Waals surface area contributed by atoms with Crippen LogP contribution in [-0.4, -0.2) is 26.3 Å². The molecule has 1 saturated carbocycles. The van der Waals surface area contributed by atoms with Gasteiger partial charge in [0.1, 0.15) is 11.9 Å². The number of nitrogens with one attached hydrogen (secondary N) is 1. The summed E-state index contributed by atoms with van der Waals surface area (Å²) < 4.78 is 16.9. The van der Waals surface area contributed by atoms with E-state index in [1.165, 1.54) is 18.4 Å². The monoisotopic (exact) mass is 561 g/mol. The molecule has 0 saturated heterocycles. The normalized spacial score (nSPS) is 14.3. The lowest BCUT2D eigenvalue weighted by molar-refractivity contribution is -0.143. The molecule has 4 aromatic rings. The van der Waals surface area contributed by atoms with Crippen molar-refractivity contribution < 1.29 is 23.8 Å². The number of thiophene rings is 1. The molecule has 1 amide bonds. The Bertz CT molecular complexity index is 1500. The Morgan fingerprint density at radius 2 is 1.64 bits per heavy atom. The molecule has 0 bridgehead atoms. The number of methoxy groups -OCH3 is 2. The molecule has 1 aliphatic rings. The molecule has 8 heteroatoms. The highest BCUT2D eigenvalue weighted by Gasteiger charge is 2.52. The highest BCUT2D eigenvalue weighted by molar-refractivity contribution is 7.20. The lowest BCUT2D eigenvalue weighted by Gasteiger charge is -2.16. The van der Waals surface area contributed by atoms with Gasteiger partial charge < -0.3 is 14.2 Å². The number of hydrogen-bond acceptors (Lipinski definition) is 6. The third kappa shape index (κ3) is 5.51. The first-order valence-electron chi connectivity index (χ1n) is 12.5. The van der Waals surface area contributed by atoms with Crippen LogP contribution in [0.4, 0.5) is 10.5 Å². The van der Waals surface area contributed by atoms with Gasteiger partial charge >= 0.3 is 12.1 Å². The molecule has 1 N–H and O–H groups in total. The second-order valence-electron chi connectivity index (χ2n) is 9.44. The number of anilines is 1. The van der Waals surface area contributed by atoms with Crippen molar-refractivity contribution in [3.8, 4) is 27.3 Å². The summed E-state index contributed by atoms with van der Waals surface area (Å²) in [5.41, 5.74) is 4.63. The van der Waals surface area contributed by atoms with Crippen LogP contribution in [0.1, 0.15) is 37.0 Å². The molecule has 200 valence electrons. The van der Waals surface area contributed by atoms with Crippen LogP contribution in [0.3, 0.4) is 0 Å². The van der Waals surface area contributed by atoms with Crippen molar-refractivity contribution >= 4 is 40.7 Å².